The summed E-state index contributed by atoms with van der Waals surface area (Å²) in [6, 6.07) is 15.0. The first kappa shape index (κ1) is 18.3. The monoisotopic (exact) mass is 387 g/mol. The third kappa shape index (κ3) is 2.74. The molecule has 1 aliphatic carbocycles. The van der Waals surface area contributed by atoms with Gasteiger partial charge in [-0.05, 0) is 36.5 Å². The van der Waals surface area contributed by atoms with Crippen LogP contribution in [0.25, 0.3) is 0 Å². The van der Waals surface area contributed by atoms with Crippen molar-refractivity contribution >= 4 is 10.0 Å². The second-order valence-electron chi connectivity index (χ2n) is 7.29. The van der Waals surface area contributed by atoms with E-state index in [1.807, 2.05) is 18.2 Å². The van der Waals surface area contributed by atoms with Crippen LogP contribution in [0.3, 0.4) is 0 Å². The molecule has 2 atom stereocenters. The Balaban J connectivity index is 1.83. The summed E-state index contributed by atoms with van der Waals surface area (Å²) in [6.07, 6.45) is 4.12. The summed E-state index contributed by atoms with van der Waals surface area (Å²) >= 11 is 0. The van der Waals surface area contributed by atoms with Gasteiger partial charge in [0.1, 0.15) is 16.4 Å². The predicted molar refractivity (Wildman–Crippen MR) is 104 cm³/mol. The summed E-state index contributed by atoms with van der Waals surface area (Å²) in [4.78, 5) is 0.170. The number of methoxy groups -OCH3 is 2. The molecule has 0 radical (unpaired) electrons. The Labute approximate surface area is 161 Å². The van der Waals surface area contributed by atoms with Crippen LogP contribution in [-0.4, -0.2) is 33.5 Å². The molecule has 0 aromatic heterocycles. The summed E-state index contributed by atoms with van der Waals surface area (Å²) in [5, 5.41) is 0. The highest BCUT2D eigenvalue weighted by Gasteiger charge is 2.60. The highest BCUT2D eigenvalue weighted by Crippen LogP contribution is 2.56. The van der Waals surface area contributed by atoms with Gasteiger partial charge >= 0.3 is 0 Å². The zero-order valence-electron chi connectivity index (χ0n) is 15.7. The average Bonchev–Trinajstić information content (AvgIpc) is 2.69. The molecule has 1 heterocycles. The molecule has 0 bridgehead atoms. The van der Waals surface area contributed by atoms with E-state index in [2.05, 4.69) is 12.1 Å². The number of benzene rings is 2. The number of fused-ring (bicyclic) bond motifs is 1. The van der Waals surface area contributed by atoms with E-state index in [4.69, 9.17) is 9.47 Å². The maximum Gasteiger partial charge on any atom is 0.247 e. The standard InChI is InChI=1S/C21H25NO4S/c1-25-18-11-12-19(26-2)20(14-18)27(23,24)22-15-17-10-6-7-13-21(17,22)16-8-4-3-5-9-16/h3-5,8-9,11-12,14,17H,6-7,10,13,15H2,1-2H3/t17-,21-/m0/s1. The van der Waals surface area contributed by atoms with Gasteiger partial charge in [-0.3, -0.25) is 0 Å². The molecule has 144 valence electrons. The third-order valence-electron chi connectivity index (χ3n) is 6.08. The molecule has 2 fully saturated rings. The van der Waals surface area contributed by atoms with Crippen LogP contribution in [0.5, 0.6) is 11.5 Å². The van der Waals surface area contributed by atoms with Gasteiger partial charge in [0.15, 0.2) is 0 Å². The van der Waals surface area contributed by atoms with E-state index in [1.165, 1.54) is 14.2 Å². The minimum atomic E-state index is -3.73. The molecule has 1 saturated carbocycles. The van der Waals surface area contributed by atoms with Crippen molar-refractivity contribution in [2.45, 2.75) is 36.1 Å². The smallest absolute Gasteiger partial charge is 0.247 e. The molecule has 4 rings (SSSR count). The topological polar surface area (TPSA) is 55.8 Å². The number of sulfonamides is 1. The summed E-state index contributed by atoms with van der Waals surface area (Å²) in [5.74, 6) is 1.21. The average molecular weight is 388 g/mol. The summed E-state index contributed by atoms with van der Waals surface area (Å²) in [7, 11) is -0.701. The number of ether oxygens (including phenoxy) is 2. The lowest BCUT2D eigenvalue weighted by molar-refractivity contribution is -0.0505. The highest BCUT2D eigenvalue weighted by atomic mass is 32.2. The van der Waals surface area contributed by atoms with Crippen molar-refractivity contribution in [3.63, 3.8) is 0 Å². The lowest BCUT2D eigenvalue weighted by Crippen LogP contribution is -2.67. The Kier molecular flexibility index (Phi) is 4.64. The quantitative estimate of drug-likeness (QED) is 0.783. The predicted octanol–water partition coefficient (Wildman–Crippen LogP) is 3.79. The van der Waals surface area contributed by atoms with Crippen LogP contribution in [0.15, 0.2) is 53.4 Å². The van der Waals surface area contributed by atoms with Crippen LogP contribution >= 0.6 is 0 Å². The SMILES string of the molecule is COc1ccc(OC)c(S(=O)(=O)N2C[C@@H]3CCCC[C@]32c2ccccc2)c1. The Morgan fingerprint density at radius 1 is 1.04 bits per heavy atom. The first-order valence-corrected chi connectivity index (χ1v) is 10.8. The molecule has 0 spiro atoms. The van der Waals surface area contributed by atoms with E-state index in [9.17, 15) is 8.42 Å². The summed E-state index contributed by atoms with van der Waals surface area (Å²) in [5.41, 5.74) is 0.637. The molecule has 1 aliphatic heterocycles. The maximum absolute atomic E-state index is 13.7. The van der Waals surface area contributed by atoms with Gasteiger partial charge in [-0.25, -0.2) is 8.42 Å². The van der Waals surface area contributed by atoms with Crippen molar-refractivity contribution in [2.24, 2.45) is 5.92 Å². The third-order valence-corrected chi connectivity index (χ3v) is 8.01. The minimum Gasteiger partial charge on any atom is -0.497 e. The van der Waals surface area contributed by atoms with Gasteiger partial charge < -0.3 is 9.47 Å². The molecule has 5 nitrogen and oxygen atoms in total. The van der Waals surface area contributed by atoms with Crippen LogP contribution < -0.4 is 9.47 Å². The largest absolute Gasteiger partial charge is 0.497 e. The van der Waals surface area contributed by atoms with Crippen LogP contribution in [0.4, 0.5) is 0 Å². The summed E-state index contributed by atoms with van der Waals surface area (Å²) < 4.78 is 39.7. The molecule has 6 heteroatoms. The second-order valence-corrected chi connectivity index (χ2v) is 9.12. The Hall–Kier alpha value is -2.05. The van der Waals surface area contributed by atoms with Crippen LogP contribution in [0.2, 0.25) is 0 Å². The van der Waals surface area contributed by atoms with Crippen LogP contribution in [0, 0.1) is 5.92 Å². The fraction of sp³-hybridized carbons (Fsp3) is 0.429. The molecule has 2 aromatic carbocycles. The lowest BCUT2D eigenvalue weighted by Gasteiger charge is -2.60. The number of hydrogen-bond acceptors (Lipinski definition) is 4. The van der Waals surface area contributed by atoms with Crippen molar-refractivity contribution in [2.75, 3.05) is 20.8 Å². The van der Waals surface area contributed by atoms with Crippen LogP contribution in [-0.2, 0) is 15.6 Å². The van der Waals surface area contributed by atoms with Crippen molar-refractivity contribution in [3.05, 3.63) is 54.1 Å². The zero-order chi connectivity index (χ0) is 19.1. The van der Waals surface area contributed by atoms with Crippen molar-refractivity contribution in [3.8, 4) is 11.5 Å². The van der Waals surface area contributed by atoms with E-state index in [0.717, 1.165) is 31.2 Å². The van der Waals surface area contributed by atoms with E-state index in [1.54, 1.807) is 22.5 Å². The zero-order valence-corrected chi connectivity index (χ0v) is 16.5. The molecule has 1 saturated heterocycles. The molecule has 0 N–H and O–H groups in total. The molecular weight excluding hydrogens is 362 g/mol. The van der Waals surface area contributed by atoms with Crippen molar-refractivity contribution in [1.82, 2.24) is 4.31 Å². The molecule has 2 aromatic rings. The molecular formula is C21H25NO4S. The summed E-state index contributed by atoms with van der Waals surface area (Å²) in [6.45, 7) is 0.553. The van der Waals surface area contributed by atoms with Gasteiger partial charge in [0, 0.05) is 12.6 Å². The van der Waals surface area contributed by atoms with E-state index in [0.29, 0.717) is 24.0 Å². The first-order chi connectivity index (χ1) is 13.0. The Bertz CT molecular complexity index is 928. The number of nitrogens with zero attached hydrogens (tertiary/aromatic N) is 1. The molecule has 2 aliphatic rings. The first-order valence-electron chi connectivity index (χ1n) is 9.34. The van der Waals surface area contributed by atoms with Gasteiger partial charge in [-0.2, -0.15) is 4.31 Å². The number of rotatable bonds is 5. The van der Waals surface area contributed by atoms with Crippen LogP contribution in [0.1, 0.15) is 31.2 Å². The van der Waals surface area contributed by atoms with E-state index < -0.39 is 15.6 Å². The maximum atomic E-state index is 13.7. The van der Waals surface area contributed by atoms with Gasteiger partial charge in [0.25, 0.3) is 0 Å². The van der Waals surface area contributed by atoms with E-state index in [-0.39, 0.29) is 4.90 Å². The molecule has 27 heavy (non-hydrogen) atoms. The molecule has 0 unspecified atom stereocenters. The highest BCUT2D eigenvalue weighted by molar-refractivity contribution is 7.89. The second kappa shape index (κ2) is 6.84. The van der Waals surface area contributed by atoms with Gasteiger partial charge in [0.05, 0.1) is 19.8 Å². The Morgan fingerprint density at radius 2 is 1.81 bits per heavy atom. The lowest BCUT2D eigenvalue weighted by atomic mass is 9.63. The number of hydrogen-bond donors (Lipinski definition) is 0. The van der Waals surface area contributed by atoms with Crippen molar-refractivity contribution in [1.29, 1.82) is 0 Å². The fourth-order valence-electron chi connectivity index (χ4n) is 4.72. The Morgan fingerprint density at radius 3 is 2.48 bits per heavy atom. The van der Waals surface area contributed by atoms with Gasteiger partial charge in [0.2, 0.25) is 10.0 Å². The van der Waals surface area contributed by atoms with Gasteiger partial charge in [-0.1, -0.05) is 43.2 Å². The van der Waals surface area contributed by atoms with Gasteiger partial charge in [-0.15, -0.1) is 0 Å². The normalized spacial score (nSPS) is 25.3. The minimum absolute atomic E-state index is 0.170. The van der Waals surface area contributed by atoms with Crippen molar-refractivity contribution < 1.29 is 17.9 Å². The molecule has 0 amide bonds. The fourth-order valence-corrected chi connectivity index (χ4v) is 6.78. The van der Waals surface area contributed by atoms with E-state index >= 15 is 0 Å².